The molecule has 0 amide bonds. The molecule has 225 valence electrons. The van der Waals surface area contributed by atoms with E-state index >= 15 is 0 Å². The minimum absolute atomic E-state index is 0. The molecule has 0 aromatic heterocycles. The minimum atomic E-state index is 0. The van der Waals surface area contributed by atoms with Gasteiger partial charge in [0.25, 0.3) is 0 Å². The standard InChI is InChI=1S/C32H40P.2C5H5.Zr/c1-30(2,3)25-21-26(31(4,5)6)29(27(22-25)32(7,8)9)33-28(24-18-14-11-15-19-24)20-23-16-12-10-13-17-23;2*1-2-4-5-3-1;/h10-22H,1-9H3;2*1-5H;/q-1;;;+3. The SMILES string of the molecule is CC(C)(C)c1cc(C(C)(C)C)c(P=C([CH-]c2ccccc2)c2ccccc2)c(C(C)(C)C)c1.[CH]1[CH][CH][CH][CH]1.[CH]1[CH][CH][CH][CH]1.[Zr+3]. The molecule has 44 heavy (non-hydrogen) atoms. The normalized spacial score (nSPS) is 15.3. The summed E-state index contributed by atoms with van der Waals surface area (Å²) in [5.41, 5.74) is 7.07. The molecule has 0 bridgehead atoms. The first kappa shape index (κ1) is 38.8. The predicted molar refractivity (Wildman–Crippen MR) is 192 cm³/mol. The summed E-state index contributed by atoms with van der Waals surface area (Å²) >= 11 is 0. The molecule has 2 heteroatoms. The molecule has 2 saturated carbocycles. The van der Waals surface area contributed by atoms with E-state index in [9.17, 15) is 0 Å². The van der Waals surface area contributed by atoms with Gasteiger partial charge < -0.3 is 0 Å². The van der Waals surface area contributed by atoms with Crippen LogP contribution < -0.4 is 5.30 Å². The molecule has 0 aliphatic heterocycles. The molecule has 0 unspecified atom stereocenters. The van der Waals surface area contributed by atoms with Crippen LogP contribution in [0.2, 0.25) is 0 Å². The fourth-order valence-electron chi connectivity index (χ4n) is 4.59. The second-order valence-corrected chi connectivity index (χ2v) is 15.2. The molecule has 3 aromatic rings. The molecule has 2 aliphatic rings. The van der Waals surface area contributed by atoms with Crippen molar-refractivity contribution in [2.45, 2.75) is 78.6 Å². The van der Waals surface area contributed by atoms with Crippen molar-refractivity contribution in [2.75, 3.05) is 0 Å². The third-order valence-electron chi connectivity index (χ3n) is 7.11. The molecular formula is C42H50PZr+2. The minimum Gasteiger partial charge on any atom is -0.187 e. The number of hydrogen-bond acceptors (Lipinski definition) is 0. The molecule has 11 radical (unpaired) electrons. The zero-order valence-electron chi connectivity index (χ0n) is 28.2. The fourth-order valence-corrected chi connectivity index (χ4v) is 6.36. The summed E-state index contributed by atoms with van der Waals surface area (Å²) < 4.78 is 0. The molecular weight excluding hydrogens is 627 g/mol. The molecule has 0 nitrogen and oxygen atoms in total. The Morgan fingerprint density at radius 1 is 0.500 bits per heavy atom. The molecule has 0 N–H and O–H groups in total. The first-order valence-electron chi connectivity index (χ1n) is 15.3. The van der Waals surface area contributed by atoms with Crippen molar-refractivity contribution < 1.29 is 26.2 Å². The van der Waals surface area contributed by atoms with Gasteiger partial charge in [-0.1, -0.05) is 119 Å². The summed E-state index contributed by atoms with van der Waals surface area (Å²) in [5.74, 6) is 0. The first-order valence-corrected chi connectivity index (χ1v) is 16.2. The zero-order valence-corrected chi connectivity index (χ0v) is 31.6. The van der Waals surface area contributed by atoms with E-state index in [0.717, 1.165) is 0 Å². The van der Waals surface area contributed by atoms with Gasteiger partial charge in [0.05, 0.1) is 0 Å². The van der Waals surface area contributed by atoms with E-state index in [1.807, 2.05) is 64.2 Å². The van der Waals surface area contributed by atoms with Gasteiger partial charge in [0.2, 0.25) is 0 Å². The van der Waals surface area contributed by atoms with Gasteiger partial charge in [-0.3, -0.25) is 0 Å². The third-order valence-corrected chi connectivity index (χ3v) is 8.44. The Balaban J connectivity index is 0.000000516. The molecule has 0 saturated heterocycles. The summed E-state index contributed by atoms with van der Waals surface area (Å²) in [5, 5.41) is 2.79. The molecule has 5 rings (SSSR count). The monoisotopic (exact) mass is 675 g/mol. The van der Waals surface area contributed by atoms with Crippen molar-refractivity contribution in [1.29, 1.82) is 0 Å². The average Bonchev–Trinajstić information content (AvgIpc) is 3.72. The summed E-state index contributed by atoms with van der Waals surface area (Å²) in [4.78, 5) is 0. The van der Waals surface area contributed by atoms with Crippen molar-refractivity contribution in [1.82, 2.24) is 0 Å². The first-order chi connectivity index (χ1) is 20.3. The summed E-state index contributed by atoms with van der Waals surface area (Å²) in [6, 6.07) is 26.5. The van der Waals surface area contributed by atoms with Gasteiger partial charge in [0.15, 0.2) is 0 Å². The third kappa shape index (κ3) is 12.8. The average molecular weight is 677 g/mol. The van der Waals surface area contributed by atoms with Crippen LogP contribution in [0.5, 0.6) is 0 Å². The van der Waals surface area contributed by atoms with E-state index in [4.69, 9.17) is 0 Å². The van der Waals surface area contributed by atoms with Crippen LogP contribution in [0, 0.1) is 70.6 Å². The summed E-state index contributed by atoms with van der Waals surface area (Å²) in [7, 11) is 1.25. The van der Waals surface area contributed by atoms with Gasteiger partial charge in [-0.2, -0.15) is 24.1 Å². The van der Waals surface area contributed by atoms with Crippen LogP contribution in [0.3, 0.4) is 0 Å². The van der Waals surface area contributed by atoms with E-state index in [2.05, 4.69) is 142 Å². The van der Waals surface area contributed by atoms with Crippen LogP contribution in [0.25, 0.3) is 0 Å². The van der Waals surface area contributed by atoms with E-state index < -0.39 is 0 Å². The van der Waals surface area contributed by atoms with E-state index in [1.54, 1.807) is 0 Å². The quantitative estimate of drug-likeness (QED) is 0.191. The number of benzene rings is 3. The van der Waals surface area contributed by atoms with Crippen LogP contribution in [0.1, 0.15) is 90.1 Å². The van der Waals surface area contributed by atoms with Crippen LogP contribution in [0.4, 0.5) is 0 Å². The maximum atomic E-state index is 2.47. The van der Waals surface area contributed by atoms with Crippen LogP contribution >= 0.6 is 8.20 Å². The van der Waals surface area contributed by atoms with E-state index in [0.29, 0.717) is 0 Å². The second kappa shape index (κ2) is 18.1. The van der Waals surface area contributed by atoms with Gasteiger partial charge in [-0.25, -0.2) is 0 Å². The van der Waals surface area contributed by atoms with Crippen molar-refractivity contribution in [3.63, 3.8) is 0 Å². The maximum Gasteiger partial charge on any atom is 3.00 e. The van der Waals surface area contributed by atoms with Gasteiger partial charge in [-0.05, 0) is 108 Å². The van der Waals surface area contributed by atoms with Gasteiger partial charge >= 0.3 is 26.2 Å². The Hall–Kier alpha value is -1.42. The molecule has 3 aromatic carbocycles. The van der Waals surface area contributed by atoms with E-state index in [-0.39, 0.29) is 42.4 Å². The Labute approximate surface area is 293 Å². The second-order valence-electron chi connectivity index (χ2n) is 14.0. The van der Waals surface area contributed by atoms with Gasteiger partial charge in [0.1, 0.15) is 0 Å². The Kier molecular flexibility index (Phi) is 15.9. The van der Waals surface area contributed by atoms with Crippen molar-refractivity contribution in [3.05, 3.63) is 171 Å². The fraction of sp³-hybridized carbons (Fsp3) is 0.286. The van der Waals surface area contributed by atoms with Crippen LogP contribution in [-0.4, -0.2) is 5.29 Å². The predicted octanol–water partition coefficient (Wildman–Crippen LogP) is 10.7. The Bertz CT molecular complexity index is 1200. The summed E-state index contributed by atoms with van der Waals surface area (Å²) in [6.45, 7) is 21.1. The van der Waals surface area contributed by atoms with E-state index in [1.165, 1.54) is 46.6 Å². The Morgan fingerprint density at radius 3 is 1.20 bits per heavy atom. The van der Waals surface area contributed by atoms with Crippen molar-refractivity contribution >= 4 is 18.8 Å². The molecule has 2 aliphatic carbocycles. The zero-order chi connectivity index (χ0) is 31.5. The van der Waals surface area contributed by atoms with Crippen molar-refractivity contribution in [2.24, 2.45) is 0 Å². The molecule has 2 fully saturated rings. The Morgan fingerprint density at radius 2 is 0.864 bits per heavy atom. The topological polar surface area (TPSA) is 0 Å². The van der Waals surface area contributed by atoms with Crippen LogP contribution in [0.15, 0.2) is 72.8 Å². The molecule has 0 spiro atoms. The smallest absolute Gasteiger partial charge is 0.187 e. The largest absolute Gasteiger partial charge is 3.00 e. The van der Waals surface area contributed by atoms with Crippen molar-refractivity contribution in [3.8, 4) is 0 Å². The van der Waals surface area contributed by atoms with Gasteiger partial charge in [0, 0.05) is 5.30 Å². The number of hydrogen-bond donors (Lipinski definition) is 0. The molecule has 0 atom stereocenters. The maximum absolute atomic E-state index is 2.47. The van der Waals surface area contributed by atoms with Gasteiger partial charge in [-0.15, -0.1) is 12.1 Å². The van der Waals surface area contributed by atoms with Crippen LogP contribution in [-0.2, 0) is 42.4 Å². The molecule has 0 heterocycles. The summed E-state index contributed by atoms with van der Waals surface area (Å²) in [6.07, 6.45) is 22.4. The number of rotatable bonds is 4.